The van der Waals surface area contributed by atoms with Gasteiger partial charge in [-0.15, -0.1) is 0 Å². The molecule has 2 nitrogen and oxygen atoms in total. The lowest BCUT2D eigenvalue weighted by Crippen LogP contribution is -2.53. The minimum atomic E-state index is 0.745. The summed E-state index contributed by atoms with van der Waals surface area (Å²) in [7, 11) is 0. The maximum atomic E-state index is 3.51. The Morgan fingerprint density at radius 1 is 1.11 bits per heavy atom. The highest BCUT2D eigenvalue weighted by Crippen LogP contribution is 2.37. The summed E-state index contributed by atoms with van der Waals surface area (Å²) >= 11 is 0. The Morgan fingerprint density at radius 3 is 2.61 bits per heavy atom. The zero-order chi connectivity index (χ0) is 13.0. The van der Waals surface area contributed by atoms with Gasteiger partial charge in [0, 0.05) is 12.1 Å². The second kappa shape index (κ2) is 6.91. The molecule has 106 valence electrons. The first-order chi connectivity index (χ1) is 8.74. The van der Waals surface area contributed by atoms with Crippen LogP contribution in [0.15, 0.2) is 0 Å². The second-order valence-electron chi connectivity index (χ2n) is 6.52. The minimum Gasteiger partial charge on any atom is -0.317 e. The Morgan fingerprint density at radius 2 is 1.83 bits per heavy atom. The van der Waals surface area contributed by atoms with E-state index in [0.29, 0.717) is 0 Å². The molecule has 1 saturated carbocycles. The highest BCUT2D eigenvalue weighted by Gasteiger charge is 2.36. The quantitative estimate of drug-likeness (QED) is 0.808. The Labute approximate surface area is 114 Å². The van der Waals surface area contributed by atoms with Crippen LogP contribution in [0.25, 0.3) is 0 Å². The van der Waals surface area contributed by atoms with Gasteiger partial charge < -0.3 is 5.32 Å². The van der Waals surface area contributed by atoms with E-state index in [1.165, 1.54) is 51.6 Å². The van der Waals surface area contributed by atoms with Crippen LogP contribution in [-0.2, 0) is 0 Å². The van der Waals surface area contributed by atoms with Crippen molar-refractivity contribution in [1.29, 1.82) is 0 Å². The number of hydrogen-bond donors (Lipinski definition) is 1. The summed E-state index contributed by atoms with van der Waals surface area (Å²) in [5.41, 5.74) is 0. The molecule has 0 amide bonds. The molecular weight excluding hydrogens is 220 g/mol. The number of nitrogens with zero attached hydrogens (tertiary/aromatic N) is 1. The maximum absolute atomic E-state index is 3.51. The van der Waals surface area contributed by atoms with Crippen molar-refractivity contribution in [2.24, 2.45) is 11.8 Å². The van der Waals surface area contributed by atoms with Crippen molar-refractivity contribution in [3.8, 4) is 0 Å². The number of likely N-dealkylation sites (tertiary alicyclic amines) is 1. The van der Waals surface area contributed by atoms with Gasteiger partial charge in [-0.1, -0.05) is 26.7 Å². The largest absolute Gasteiger partial charge is 0.317 e. The zero-order valence-corrected chi connectivity index (χ0v) is 12.6. The molecule has 2 heteroatoms. The molecule has 1 saturated heterocycles. The van der Waals surface area contributed by atoms with Gasteiger partial charge in [0.05, 0.1) is 0 Å². The molecule has 1 N–H and O–H groups in total. The molecule has 18 heavy (non-hydrogen) atoms. The molecule has 0 aromatic heterocycles. The van der Waals surface area contributed by atoms with Gasteiger partial charge in [0.1, 0.15) is 0 Å². The molecule has 0 bridgehead atoms. The Bertz CT molecular complexity index is 239. The van der Waals surface area contributed by atoms with Crippen LogP contribution in [-0.4, -0.2) is 36.6 Å². The topological polar surface area (TPSA) is 15.3 Å². The third-order valence-electron chi connectivity index (χ3n) is 5.35. The summed E-state index contributed by atoms with van der Waals surface area (Å²) in [5, 5.41) is 3.51. The van der Waals surface area contributed by atoms with Gasteiger partial charge in [-0.05, 0) is 64.1 Å². The first-order valence-corrected chi connectivity index (χ1v) is 8.20. The number of rotatable bonds is 5. The van der Waals surface area contributed by atoms with Gasteiger partial charge >= 0.3 is 0 Å². The molecule has 2 fully saturated rings. The normalized spacial score (nSPS) is 32.8. The van der Waals surface area contributed by atoms with Crippen molar-refractivity contribution >= 4 is 0 Å². The summed E-state index contributed by atoms with van der Waals surface area (Å²) < 4.78 is 0. The van der Waals surface area contributed by atoms with Crippen LogP contribution >= 0.6 is 0 Å². The van der Waals surface area contributed by atoms with Gasteiger partial charge in [0.25, 0.3) is 0 Å². The molecule has 1 aliphatic heterocycles. The van der Waals surface area contributed by atoms with Crippen molar-refractivity contribution in [2.45, 2.75) is 71.4 Å². The van der Waals surface area contributed by atoms with E-state index in [1.54, 1.807) is 0 Å². The van der Waals surface area contributed by atoms with Crippen LogP contribution in [0.4, 0.5) is 0 Å². The first kappa shape index (κ1) is 14.3. The van der Waals surface area contributed by atoms with Crippen molar-refractivity contribution in [1.82, 2.24) is 10.2 Å². The number of piperidine rings is 1. The standard InChI is InChI=1S/C16H32N2/c1-4-17-12-13(2)14(3)18-11-7-9-15-8-5-6-10-16(15)18/h13-17H,4-12H2,1-3H3. The molecule has 0 radical (unpaired) electrons. The Hall–Kier alpha value is -0.0800. The number of nitrogens with one attached hydrogen (secondary N) is 1. The van der Waals surface area contributed by atoms with Crippen LogP contribution in [0.3, 0.4) is 0 Å². The summed E-state index contributed by atoms with van der Waals surface area (Å²) in [5.74, 6) is 1.78. The van der Waals surface area contributed by atoms with E-state index < -0.39 is 0 Å². The molecule has 2 aliphatic rings. The van der Waals surface area contributed by atoms with Crippen LogP contribution in [0, 0.1) is 11.8 Å². The van der Waals surface area contributed by atoms with Crippen molar-refractivity contribution in [3.05, 3.63) is 0 Å². The average molecular weight is 252 g/mol. The third kappa shape index (κ3) is 3.27. The second-order valence-corrected chi connectivity index (χ2v) is 6.52. The van der Waals surface area contributed by atoms with Crippen LogP contribution in [0.5, 0.6) is 0 Å². The van der Waals surface area contributed by atoms with E-state index >= 15 is 0 Å². The van der Waals surface area contributed by atoms with E-state index in [1.807, 2.05) is 0 Å². The van der Waals surface area contributed by atoms with E-state index in [4.69, 9.17) is 0 Å². The smallest absolute Gasteiger partial charge is 0.0126 e. The molecule has 1 aliphatic carbocycles. The SMILES string of the molecule is CCNCC(C)C(C)N1CCCC2CCCCC21. The van der Waals surface area contributed by atoms with Crippen molar-refractivity contribution < 1.29 is 0 Å². The third-order valence-corrected chi connectivity index (χ3v) is 5.35. The number of fused-ring (bicyclic) bond motifs is 1. The minimum absolute atomic E-state index is 0.745. The monoisotopic (exact) mass is 252 g/mol. The van der Waals surface area contributed by atoms with Gasteiger partial charge in [0.15, 0.2) is 0 Å². The summed E-state index contributed by atoms with van der Waals surface area (Å²) in [4.78, 5) is 2.86. The summed E-state index contributed by atoms with van der Waals surface area (Å²) in [6, 6.07) is 1.65. The fraction of sp³-hybridized carbons (Fsp3) is 1.00. The predicted octanol–water partition coefficient (Wildman–Crippen LogP) is 3.28. The Balaban J connectivity index is 1.92. The van der Waals surface area contributed by atoms with Crippen LogP contribution in [0.2, 0.25) is 0 Å². The zero-order valence-electron chi connectivity index (χ0n) is 12.6. The predicted molar refractivity (Wildman–Crippen MR) is 78.9 cm³/mol. The lowest BCUT2D eigenvalue weighted by molar-refractivity contribution is 0.0142. The fourth-order valence-electron chi connectivity index (χ4n) is 4.04. The van der Waals surface area contributed by atoms with Crippen LogP contribution < -0.4 is 5.32 Å². The van der Waals surface area contributed by atoms with E-state index in [-0.39, 0.29) is 0 Å². The molecule has 0 aromatic rings. The Kier molecular flexibility index (Phi) is 5.50. The molecular formula is C16H32N2. The fourth-order valence-corrected chi connectivity index (χ4v) is 4.04. The van der Waals surface area contributed by atoms with Crippen molar-refractivity contribution in [2.75, 3.05) is 19.6 Å². The van der Waals surface area contributed by atoms with Gasteiger partial charge in [-0.2, -0.15) is 0 Å². The number of hydrogen-bond acceptors (Lipinski definition) is 2. The van der Waals surface area contributed by atoms with Crippen LogP contribution in [0.1, 0.15) is 59.3 Å². The average Bonchev–Trinajstić information content (AvgIpc) is 2.43. The maximum Gasteiger partial charge on any atom is 0.0126 e. The van der Waals surface area contributed by atoms with Gasteiger partial charge in [-0.25, -0.2) is 0 Å². The summed E-state index contributed by atoms with van der Waals surface area (Å²) in [6.07, 6.45) is 8.83. The first-order valence-electron chi connectivity index (χ1n) is 8.20. The highest BCUT2D eigenvalue weighted by molar-refractivity contribution is 4.90. The molecule has 1 heterocycles. The van der Waals surface area contributed by atoms with E-state index in [2.05, 4.69) is 31.0 Å². The highest BCUT2D eigenvalue weighted by atomic mass is 15.2. The lowest BCUT2D eigenvalue weighted by atomic mass is 9.77. The van der Waals surface area contributed by atoms with E-state index in [9.17, 15) is 0 Å². The molecule has 0 spiro atoms. The molecule has 4 atom stereocenters. The van der Waals surface area contributed by atoms with E-state index in [0.717, 1.165) is 30.5 Å². The molecule has 2 rings (SSSR count). The molecule has 0 aromatic carbocycles. The lowest BCUT2D eigenvalue weighted by Gasteiger charge is -2.48. The van der Waals surface area contributed by atoms with Gasteiger partial charge in [-0.3, -0.25) is 4.90 Å². The van der Waals surface area contributed by atoms with Gasteiger partial charge in [0.2, 0.25) is 0 Å². The van der Waals surface area contributed by atoms with Crippen molar-refractivity contribution in [3.63, 3.8) is 0 Å². The molecule has 4 unspecified atom stereocenters. The summed E-state index contributed by atoms with van der Waals surface area (Å²) in [6.45, 7) is 10.7.